The number of hydrogen-bond acceptors (Lipinski definition) is 5. The number of ether oxygens (including phenoxy) is 2. The molecule has 0 unspecified atom stereocenters. The first-order chi connectivity index (χ1) is 13.5. The van der Waals surface area contributed by atoms with E-state index in [2.05, 4.69) is 4.85 Å². The molecule has 29 heavy (non-hydrogen) atoms. The van der Waals surface area contributed by atoms with Crippen molar-refractivity contribution in [2.45, 2.75) is 63.1 Å². The number of carbonyl (C=O) groups is 1. The number of likely N-dealkylation sites (tertiary alicyclic amines) is 1. The Labute approximate surface area is 178 Å². The summed E-state index contributed by atoms with van der Waals surface area (Å²) in [6.07, 6.45) is 5.95. The molecule has 1 heterocycles. The molecular weight excluding hydrogens is 394 g/mol. The predicted molar refractivity (Wildman–Crippen MR) is 112 cm³/mol. The largest absolute Gasteiger partial charge is 0.493 e. The zero-order valence-corrected chi connectivity index (χ0v) is 17.8. The van der Waals surface area contributed by atoms with Gasteiger partial charge < -0.3 is 14.3 Å². The Hall–Kier alpha value is -2.01. The quantitative estimate of drug-likeness (QED) is 0.416. The maximum absolute atomic E-state index is 11.7. The van der Waals surface area contributed by atoms with Crippen LogP contribution in [0.3, 0.4) is 0 Å². The average Bonchev–Trinajstić information content (AvgIpc) is 3.25. The van der Waals surface area contributed by atoms with Crippen LogP contribution in [0.25, 0.3) is 4.85 Å². The van der Waals surface area contributed by atoms with Gasteiger partial charge in [0.15, 0.2) is 11.5 Å². The van der Waals surface area contributed by atoms with Crippen LogP contribution in [0.1, 0.15) is 51.0 Å². The summed E-state index contributed by atoms with van der Waals surface area (Å²) in [5.41, 5.74) is 2.02. The Balaban J connectivity index is 0.00000300. The van der Waals surface area contributed by atoms with Crippen molar-refractivity contribution in [1.82, 2.24) is 10.4 Å². The van der Waals surface area contributed by atoms with Crippen LogP contribution < -0.4 is 15.0 Å². The number of rotatable bonds is 6. The highest BCUT2D eigenvalue weighted by Gasteiger charge is 2.44. The number of hydroxylamine groups is 1. The van der Waals surface area contributed by atoms with Gasteiger partial charge >= 0.3 is 0 Å². The van der Waals surface area contributed by atoms with Crippen LogP contribution in [-0.2, 0) is 10.3 Å². The first-order valence-corrected chi connectivity index (χ1v) is 9.95. The Morgan fingerprint density at radius 1 is 1.31 bits per heavy atom. The molecule has 0 radical (unpaired) electrons. The molecule has 7 nitrogen and oxygen atoms in total. The van der Waals surface area contributed by atoms with Crippen molar-refractivity contribution in [2.75, 3.05) is 20.2 Å². The number of nitrogens with one attached hydrogen (secondary N) is 1. The van der Waals surface area contributed by atoms with E-state index in [4.69, 9.17) is 21.3 Å². The number of benzene rings is 1. The molecule has 1 saturated carbocycles. The van der Waals surface area contributed by atoms with Crippen molar-refractivity contribution in [3.8, 4) is 11.5 Å². The van der Waals surface area contributed by atoms with E-state index in [0.717, 1.165) is 18.4 Å². The van der Waals surface area contributed by atoms with Gasteiger partial charge in [-0.2, -0.15) is 0 Å². The van der Waals surface area contributed by atoms with E-state index in [-0.39, 0.29) is 18.5 Å². The van der Waals surface area contributed by atoms with E-state index in [1.807, 2.05) is 23.1 Å². The monoisotopic (exact) mass is 423 g/mol. The Morgan fingerprint density at radius 3 is 2.52 bits per heavy atom. The molecule has 1 atom stereocenters. The van der Waals surface area contributed by atoms with E-state index in [1.165, 1.54) is 12.8 Å². The maximum atomic E-state index is 11.7. The normalized spacial score (nSPS) is 20.2. The molecule has 2 fully saturated rings. The standard InChI is InChI=1S/C21H29N3O4.ClH/c1-15(20(25)23-26)24-12-10-21(22-2,11-13-24)16-8-9-18(27-3)19(14-16)28-17-6-4-5-7-17;/h8-9,14-15,17,26H,4-7,10-13H2,1,3H3,(H,23,25);1H/t15-;/m0./s1. The smallest absolute Gasteiger partial charge is 0.260 e. The molecule has 1 aromatic rings. The van der Waals surface area contributed by atoms with E-state index in [1.54, 1.807) is 19.5 Å². The number of nitrogens with zero attached hydrogens (tertiary/aromatic N) is 2. The van der Waals surface area contributed by atoms with E-state index < -0.39 is 17.5 Å². The summed E-state index contributed by atoms with van der Waals surface area (Å²) in [4.78, 5) is 17.7. The third kappa shape index (κ3) is 4.95. The maximum Gasteiger partial charge on any atom is 0.260 e. The zero-order valence-electron chi connectivity index (χ0n) is 17.0. The van der Waals surface area contributed by atoms with Crippen molar-refractivity contribution in [3.05, 3.63) is 35.2 Å². The van der Waals surface area contributed by atoms with Crippen molar-refractivity contribution in [3.63, 3.8) is 0 Å². The van der Waals surface area contributed by atoms with Crippen molar-refractivity contribution in [1.29, 1.82) is 0 Å². The van der Waals surface area contributed by atoms with Gasteiger partial charge in [-0.25, -0.2) is 12.1 Å². The van der Waals surface area contributed by atoms with Crippen LogP contribution in [0.4, 0.5) is 0 Å². The lowest BCUT2D eigenvalue weighted by Crippen LogP contribution is -2.50. The number of piperidine rings is 1. The van der Waals surface area contributed by atoms with Crippen LogP contribution in [0.15, 0.2) is 18.2 Å². The SMILES string of the molecule is Cl.[C-]#[N+]C1(c2ccc(OC)c(OC3CCCC3)c2)CCN([C@@H](C)C(=O)NO)CC1. The molecule has 8 heteroatoms. The van der Waals surface area contributed by atoms with Gasteiger partial charge in [0.1, 0.15) is 0 Å². The summed E-state index contributed by atoms with van der Waals surface area (Å²) in [5, 5.41) is 8.86. The number of amides is 1. The second kappa shape index (κ2) is 10.1. The second-order valence-electron chi connectivity index (χ2n) is 7.72. The van der Waals surface area contributed by atoms with Gasteiger partial charge in [-0.3, -0.25) is 14.9 Å². The van der Waals surface area contributed by atoms with Gasteiger partial charge in [0, 0.05) is 31.5 Å². The molecule has 1 aromatic carbocycles. The average molecular weight is 424 g/mol. The first-order valence-electron chi connectivity index (χ1n) is 9.95. The highest BCUT2D eigenvalue weighted by Crippen LogP contribution is 2.42. The summed E-state index contributed by atoms with van der Waals surface area (Å²) >= 11 is 0. The van der Waals surface area contributed by atoms with Gasteiger partial charge in [0.25, 0.3) is 11.4 Å². The van der Waals surface area contributed by atoms with Crippen LogP contribution in [0.2, 0.25) is 0 Å². The highest BCUT2D eigenvalue weighted by atomic mass is 35.5. The van der Waals surface area contributed by atoms with E-state index in [9.17, 15) is 4.79 Å². The zero-order chi connectivity index (χ0) is 20.1. The first kappa shape index (κ1) is 23.3. The molecule has 1 saturated heterocycles. The van der Waals surface area contributed by atoms with Crippen LogP contribution in [0.5, 0.6) is 11.5 Å². The van der Waals surface area contributed by atoms with Gasteiger partial charge in [0.05, 0.1) is 19.3 Å². The number of hydrogen-bond donors (Lipinski definition) is 2. The molecule has 0 bridgehead atoms. The lowest BCUT2D eigenvalue weighted by molar-refractivity contribution is -0.134. The summed E-state index contributed by atoms with van der Waals surface area (Å²) in [7, 11) is 1.63. The minimum Gasteiger partial charge on any atom is -0.493 e. The lowest BCUT2D eigenvalue weighted by atomic mass is 9.81. The predicted octanol–water partition coefficient (Wildman–Crippen LogP) is 3.54. The third-order valence-electron chi connectivity index (χ3n) is 6.17. The fourth-order valence-corrected chi connectivity index (χ4v) is 4.25. The van der Waals surface area contributed by atoms with Gasteiger partial charge in [-0.05, 0) is 50.8 Å². The Kier molecular flexibility index (Phi) is 8.14. The molecule has 2 N–H and O–H groups in total. The Morgan fingerprint density at radius 2 is 1.97 bits per heavy atom. The summed E-state index contributed by atoms with van der Waals surface area (Å²) in [6, 6.07) is 5.39. The third-order valence-corrected chi connectivity index (χ3v) is 6.17. The van der Waals surface area contributed by atoms with E-state index >= 15 is 0 Å². The number of methoxy groups -OCH3 is 1. The van der Waals surface area contributed by atoms with Crippen molar-refractivity contribution < 1.29 is 19.5 Å². The second-order valence-corrected chi connectivity index (χ2v) is 7.72. The summed E-state index contributed by atoms with van der Waals surface area (Å²) in [5.74, 6) is 0.985. The van der Waals surface area contributed by atoms with Gasteiger partial charge in [0.2, 0.25) is 0 Å². The van der Waals surface area contributed by atoms with Crippen LogP contribution in [0, 0.1) is 6.57 Å². The van der Waals surface area contributed by atoms with Crippen molar-refractivity contribution in [2.24, 2.45) is 0 Å². The summed E-state index contributed by atoms with van der Waals surface area (Å²) in [6.45, 7) is 10.9. The topological polar surface area (TPSA) is 75.4 Å². The summed E-state index contributed by atoms with van der Waals surface area (Å²) < 4.78 is 11.7. The lowest BCUT2D eigenvalue weighted by Gasteiger charge is -2.36. The number of halogens is 1. The minimum atomic E-state index is -0.633. The molecule has 0 aromatic heterocycles. The molecule has 1 aliphatic heterocycles. The molecule has 2 aliphatic rings. The molecule has 1 aliphatic carbocycles. The molecular formula is C21H30ClN3O4. The number of carbonyl (C=O) groups excluding carboxylic acids is 1. The van der Waals surface area contributed by atoms with Crippen LogP contribution >= 0.6 is 12.4 Å². The van der Waals surface area contributed by atoms with Gasteiger partial charge in [-0.1, -0.05) is 0 Å². The molecule has 0 spiro atoms. The fourth-order valence-electron chi connectivity index (χ4n) is 4.25. The Bertz CT molecular complexity index is 738. The fraction of sp³-hybridized carbons (Fsp3) is 0.619. The van der Waals surface area contributed by atoms with Crippen LogP contribution in [-0.4, -0.2) is 48.4 Å². The molecule has 160 valence electrons. The van der Waals surface area contributed by atoms with E-state index in [0.29, 0.717) is 37.4 Å². The van der Waals surface area contributed by atoms with Crippen molar-refractivity contribution >= 4 is 18.3 Å². The minimum absolute atomic E-state index is 0. The molecule has 1 amide bonds. The highest BCUT2D eigenvalue weighted by molar-refractivity contribution is 5.85. The molecule has 3 rings (SSSR count). The van der Waals surface area contributed by atoms with Gasteiger partial charge in [-0.15, -0.1) is 12.4 Å².